The van der Waals surface area contributed by atoms with Gasteiger partial charge in [0.15, 0.2) is 0 Å². The van der Waals surface area contributed by atoms with E-state index in [1.807, 2.05) is 13.2 Å². The van der Waals surface area contributed by atoms with Crippen LogP contribution < -0.4 is 10.2 Å². The summed E-state index contributed by atoms with van der Waals surface area (Å²) in [6.45, 7) is 3.32. The molecule has 18 heavy (non-hydrogen) atoms. The van der Waals surface area contributed by atoms with Crippen LogP contribution in [0.2, 0.25) is 0 Å². The molecular weight excluding hydrogens is 222 g/mol. The van der Waals surface area contributed by atoms with Crippen LogP contribution in [-0.4, -0.2) is 25.6 Å². The summed E-state index contributed by atoms with van der Waals surface area (Å²) >= 11 is 0. The van der Waals surface area contributed by atoms with Gasteiger partial charge >= 0.3 is 0 Å². The minimum Gasteiger partial charge on any atom is -0.359 e. The Balaban J connectivity index is 2.02. The van der Waals surface area contributed by atoms with Crippen molar-refractivity contribution < 1.29 is 0 Å². The Morgan fingerprint density at radius 3 is 2.83 bits per heavy atom. The Hall–Kier alpha value is -1.09. The topological polar surface area (TPSA) is 28.2 Å². The van der Waals surface area contributed by atoms with E-state index in [2.05, 4.69) is 41.3 Å². The van der Waals surface area contributed by atoms with E-state index in [0.29, 0.717) is 6.04 Å². The lowest BCUT2D eigenvalue weighted by molar-refractivity contribution is 0.544. The Kier molecular flexibility index (Phi) is 4.59. The lowest BCUT2D eigenvalue weighted by Crippen LogP contribution is -2.25. The Morgan fingerprint density at radius 2 is 2.17 bits per heavy atom. The third kappa shape index (κ3) is 3.22. The van der Waals surface area contributed by atoms with Crippen molar-refractivity contribution in [3.63, 3.8) is 0 Å². The van der Waals surface area contributed by atoms with Crippen LogP contribution in [0, 0.1) is 5.92 Å². The molecule has 3 heteroatoms. The molecule has 1 unspecified atom stereocenters. The van der Waals surface area contributed by atoms with E-state index in [-0.39, 0.29) is 0 Å². The van der Waals surface area contributed by atoms with Gasteiger partial charge in [-0.1, -0.05) is 12.8 Å². The van der Waals surface area contributed by atoms with E-state index in [4.69, 9.17) is 0 Å². The molecule has 3 nitrogen and oxygen atoms in total. The highest BCUT2D eigenvalue weighted by Crippen LogP contribution is 2.26. The SMILES string of the molecule is CNC(C)c1ccnc(N(C)CC2CCCC2)c1. The number of anilines is 1. The number of nitrogens with zero attached hydrogens (tertiary/aromatic N) is 2. The normalized spacial score (nSPS) is 17.9. The summed E-state index contributed by atoms with van der Waals surface area (Å²) in [6, 6.07) is 4.68. The van der Waals surface area contributed by atoms with E-state index in [9.17, 15) is 0 Å². The quantitative estimate of drug-likeness (QED) is 0.867. The minimum atomic E-state index is 0.381. The molecular formula is C15H25N3. The second-order valence-electron chi connectivity index (χ2n) is 5.49. The fourth-order valence-corrected chi connectivity index (χ4v) is 2.75. The second-order valence-corrected chi connectivity index (χ2v) is 5.49. The van der Waals surface area contributed by atoms with Gasteiger partial charge in [0.2, 0.25) is 0 Å². The van der Waals surface area contributed by atoms with Crippen LogP contribution in [0.5, 0.6) is 0 Å². The van der Waals surface area contributed by atoms with Crippen molar-refractivity contribution in [1.82, 2.24) is 10.3 Å². The lowest BCUT2D eigenvalue weighted by Gasteiger charge is -2.23. The molecule has 0 amide bonds. The van der Waals surface area contributed by atoms with Crippen LogP contribution in [0.1, 0.15) is 44.2 Å². The lowest BCUT2D eigenvalue weighted by atomic mass is 10.1. The minimum absolute atomic E-state index is 0.381. The van der Waals surface area contributed by atoms with Crippen molar-refractivity contribution >= 4 is 5.82 Å². The third-order valence-electron chi connectivity index (χ3n) is 4.10. The van der Waals surface area contributed by atoms with E-state index in [1.54, 1.807) is 0 Å². The van der Waals surface area contributed by atoms with Gasteiger partial charge in [-0.25, -0.2) is 4.98 Å². The average molecular weight is 247 g/mol. The van der Waals surface area contributed by atoms with Gasteiger partial charge in [-0.05, 0) is 50.4 Å². The highest BCUT2D eigenvalue weighted by molar-refractivity contribution is 5.41. The van der Waals surface area contributed by atoms with Gasteiger partial charge in [0.25, 0.3) is 0 Å². The molecule has 1 aromatic heterocycles. The van der Waals surface area contributed by atoms with Gasteiger partial charge in [-0.3, -0.25) is 0 Å². The molecule has 1 fully saturated rings. The van der Waals surface area contributed by atoms with E-state index >= 15 is 0 Å². The summed E-state index contributed by atoms with van der Waals surface area (Å²) in [5, 5.41) is 3.27. The number of aromatic nitrogens is 1. The van der Waals surface area contributed by atoms with Crippen molar-refractivity contribution in [1.29, 1.82) is 0 Å². The Morgan fingerprint density at radius 1 is 1.44 bits per heavy atom. The van der Waals surface area contributed by atoms with E-state index in [1.165, 1.54) is 31.2 Å². The molecule has 1 aliphatic rings. The average Bonchev–Trinajstić information content (AvgIpc) is 2.90. The summed E-state index contributed by atoms with van der Waals surface area (Å²) in [7, 11) is 4.15. The predicted molar refractivity (Wildman–Crippen MR) is 76.9 cm³/mol. The predicted octanol–water partition coefficient (Wildman–Crippen LogP) is 2.99. The highest BCUT2D eigenvalue weighted by Gasteiger charge is 2.17. The zero-order valence-electron chi connectivity index (χ0n) is 11.8. The first-order valence-electron chi connectivity index (χ1n) is 7.05. The maximum absolute atomic E-state index is 4.50. The fourth-order valence-electron chi connectivity index (χ4n) is 2.75. The second kappa shape index (κ2) is 6.19. The van der Waals surface area contributed by atoms with Gasteiger partial charge in [0.1, 0.15) is 5.82 Å². The molecule has 1 N–H and O–H groups in total. The van der Waals surface area contributed by atoms with Crippen LogP contribution in [0.25, 0.3) is 0 Å². The van der Waals surface area contributed by atoms with Gasteiger partial charge < -0.3 is 10.2 Å². The van der Waals surface area contributed by atoms with Gasteiger partial charge in [0, 0.05) is 25.8 Å². The highest BCUT2D eigenvalue weighted by atomic mass is 15.2. The monoisotopic (exact) mass is 247 g/mol. The standard InChI is InChI=1S/C15H25N3/c1-12(16-2)14-8-9-17-15(10-14)18(3)11-13-6-4-5-7-13/h8-10,12-13,16H,4-7,11H2,1-3H3. The first-order valence-corrected chi connectivity index (χ1v) is 7.05. The van der Waals surface area contributed by atoms with Gasteiger partial charge in [-0.15, -0.1) is 0 Å². The summed E-state index contributed by atoms with van der Waals surface area (Å²) in [5.41, 5.74) is 1.31. The van der Waals surface area contributed by atoms with Crippen molar-refractivity contribution in [2.24, 2.45) is 5.92 Å². The molecule has 0 bridgehead atoms. The van der Waals surface area contributed by atoms with E-state index in [0.717, 1.165) is 18.3 Å². The molecule has 0 radical (unpaired) electrons. The fraction of sp³-hybridized carbons (Fsp3) is 0.667. The molecule has 0 saturated heterocycles. The van der Waals surface area contributed by atoms with Crippen LogP contribution in [0.3, 0.4) is 0 Å². The molecule has 1 saturated carbocycles. The molecule has 2 rings (SSSR count). The molecule has 1 aromatic rings. The number of hydrogen-bond donors (Lipinski definition) is 1. The molecule has 1 aliphatic carbocycles. The summed E-state index contributed by atoms with van der Waals surface area (Å²) < 4.78 is 0. The Labute approximate surface area is 111 Å². The van der Waals surface area contributed by atoms with E-state index < -0.39 is 0 Å². The van der Waals surface area contributed by atoms with Crippen LogP contribution >= 0.6 is 0 Å². The largest absolute Gasteiger partial charge is 0.359 e. The molecule has 1 atom stereocenters. The maximum atomic E-state index is 4.50. The summed E-state index contributed by atoms with van der Waals surface area (Å²) in [4.78, 5) is 6.80. The summed E-state index contributed by atoms with van der Waals surface area (Å²) in [6.07, 6.45) is 7.50. The molecule has 0 aliphatic heterocycles. The number of nitrogens with one attached hydrogen (secondary N) is 1. The zero-order chi connectivity index (χ0) is 13.0. The first-order chi connectivity index (χ1) is 8.70. The number of rotatable bonds is 5. The maximum Gasteiger partial charge on any atom is 0.128 e. The van der Waals surface area contributed by atoms with Crippen LogP contribution in [0.4, 0.5) is 5.82 Å². The third-order valence-corrected chi connectivity index (χ3v) is 4.10. The molecule has 0 aromatic carbocycles. The van der Waals surface area contributed by atoms with Crippen molar-refractivity contribution in [2.45, 2.75) is 38.6 Å². The zero-order valence-corrected chi connectivity index (χ0v) is 11.8. The summed E-state index contributed by atoms with van der Waals surface area (Å²) in [5.74, 6) is 1.96. The van der Waals surface area contributed by atoms with Crippen molar-refractivity contribution in [2.75, 3.05) is 25.5 Å². The van der Waals surface area contributed by atoms with Gasteiger partial charge in [0.05, 0.1) is 0 Å². The van der Waals surface area contributed by atoms with Crippen molar-refractivity contribution in [3.8, 4) is 0 Å². The van der Waals surface area contributed by atoms with Crippen molar-refractivity contribution in [3.05, 3.63) is 23.9 Å². The van der Waals surface area contributed by atoms with Crippen LogP contribution in [0.15, 0.2) is 18.3 Å². The molecule has 100 valence electrons. The Bertz CT molecular complexity index is 372. The molecule has 1 heterocycles. The molecule has 0 spiro atoms. The van der Waals surface area contributed by atoms with Crippen LogP contribution in [-0.2, 0) is 0 Å². The number of pyridine rings is 1. The smallest absolute Gasteiger partial charge is 0.128 e. The number of hydrogen-bond acceptors (Lipinski definition) is 3. The first kappa shape index (κ1) is 13.3. The van der Waals surface area contributed by atoms with Gasteiger partial charge in [-0.2, -0.15) is 0 Å².